The number of anilines is 1. The fourth-order valence-corrected chi connectivity index (χ4v) is 2.51. The number of rotatable bonds is 4. The number of hydrogen-bond acceptors (Lipinski definition) is 3. The van der Waals surface area contributed by atoms with Gasteiger partial charge in [-0.3, -0.25) is 0 Å². The van der Waals surface area contributed by atoms with Crippen molar-refractivity contribution in [2.45, 2.75) is 5.60 Å². The summed E-state index contributed by atoms with van der Waals surface area (Å²) in [6.45, 7) is 0. The van der Waals surface area contributed by atoms with Gasteiger partial charge >= 0.3 is 0 Å². The summed E-state index contributed by atoms with van der Waals surface area (Å²) in [5.41, 5.74) is 0.737. The van der Waals surface area contributed by atoms with Crippen molar-refractivity contribution in [3.05, 3.63) is 60.0 Å². The van der Waals surface area contributed by atoms with Crippen molar-refractivity contribution in [1.29, 1.82) is 0 Å². The molecule has 0 aliphatic heterocycles. The second kappa shape index (κ2) is 5.67. The van der Waals surface area contributed by atoms with Crippen LogP contribution >= 0.6 is 0 Å². The van der Waals surface area contributed by atoms with Crippen LogP contribution in [0.5, 0.6) is 0 Å². The zero-order valence-electron chi connectivity index (χ0n) is 12.2. The number of para-hydroxylation sites is 1. The highest BCUT2D eigenvalue weighted by Gasteiger charge is 2.41. The van der Waals surface area contributed by atoms with E-state index in [2.05, 4.69) is 0 Å². The van der Waals surface area contributed by atoms with Crippen LogP contribution in [-0.4, -0.2) is 28.3 Å². The van der Waals surface area contributed by atoms with Gasteiger partial charge < -0.3 is 14.4 Å². The zero-order valence-corrected chi connectivity index (χ0v) is 12.2. The first-order valence-electron chi connectivity index (χ1n) is 6.35. The number of nitrogens with zero attached hydrogens (tertiary/aromatic N) is 1. The first-order valence-corrected chi connectivity index (χ1v) is 6.35. The van der Waals surface area contributed by atoms with E-state index in [1.54, 1.807) is 19.3 Å². The van der Waals surface area contributed by atoms with Gasteiger partial charge in [-0.25, -0.2) is 4.39 Å². The Balaban J connectivity index is 2.68. The number of halogens is 1. The van der Waals surface area contributed by atoms with Crippen molar-refractivity contribution >= 4 is 5.69 Å². The van der Waals surface area contributed by atoms with Gasteiger partial charge in [0.1, 0.15) is 5.83 Å². The van der Waals surface area contributed by atoms with Crippen molar-refractivity contribution in [2.24, 2.45) is 0 Å². The molecule has 3 nitrogen and oxygen atoms in total. The van der Waals surface area contributed by atoms with Crippen LogP contribution in [0.4, 0.5) is 10.1 Å². The highest BCUT2D eigenvalue weighted by Crippen LogP contribution is 2.44. The zero-order chi connectivity index (χ0) is 14.8. The normalized spacial score (nSPS) is 22.1. The molecule has 2 rings (SSSR count). The largest absolute Gasteiger partial charge is 0.495 e. The lowest BCUT2D eigenvalue weighted by molar-refractivity contribution is 0.00970. The Hall–Kier alpha value is -1.81. The van der Waals surface area contributed by atoms with Crippen molar-refractivity contribution in [3.63, 3.8) is 0 Å². The van der Waals surface area contributed by atoms with E-state index in [4.69, 9.17) is 9.47 Å². The Labute approximate surface area is 119 Å². The average Bonchev–Trinajstić information content (AvgIpc) is 2.46. The summed E-state index contributed by atoms with van der Waals surface area (Å²) >= 11 is 0. The molecular weight excluding hydrogens is 257 g/mol. The maximum absolute atomic E-state index is 14.1. The summed E-state index contributed by atoms with van der Waals surface area (Å²) in [7, 11) is 6.88. The highest BCUT2D eigenvalue weighted by atomic mass is 19.1. The molecule has 0 bridgehead atoms. The second-order valence-corrected chi connectivity index (χ2v) is 4.76. The predicted octanol–water partition coefficient (Wildman–Crippen LogP) is 3.20. The van der Waals surface area contributed by atoms with Crippen molar-refractivity contribution in [3.8, 4) is 0 Å². The molecule has 0 heterocycles. The Morgan fingerprint density at radius 1 is 1.15 bits per heavy atom. The summed E-state index contributed by atoms with van der Waals surface area (Å²) in [6, 6.07) is 7.72. The number of benzene rings is 1. The van der Waals surface area contributed by atoms with Gasteiger partial charge in [-0.1, -0.05) is 24.3 Å². The third-order valence-corrected chi connectivity index (χ3v) is 3.44. The van der Waals surface area contributed by atoms with Crippen LogP contribution in [-0.2, 0) is 15.1 Å². The molecule has 1 unspecified atom stereocenters. The van der Waals surface area contributed by atoms with E-state index >= 15 is 0 Å². The molecule has 1 aromatic carbocycles. The minimum Gasteiger partial charge on any atom is -0.495 e. The summed E-state index contributed by atoms with van der Waals surface area (Å²) in [6.07, 6.45) is 4.82. The van der Waals surface area contributed by atoms with Crippen molar-refractivity contribution < 1.29 is 13.9 Å². The lowest BCUT2D eigenvalue weighted by atomic mass is 9.85. The molecule has 0 spiro atoms. The molecule has 1 radical (unpaired) electrons. The number of ether oxygens (including phenoxy) is 2. The average molecular weight is 276 g/mol. The van der Waals surface area contributed by atoms with Crippen LogP contribution in [0.2, 0.25) is 0 Å². The van der Waals surface area contributed by atoms with Crippen LogP contribution in [0.15, 0.2) is 48.0 Å². The molecule has 0 N–H and O–H groups in total. The first kappa shape index (κ1) is 14.6. The Morgan fingerprint density at radius 3 is 2.45 bits per heavy atom. The third-order valence-electron chi connectivity index (χ3n) is 3.44. The smallest absolute Gasteiger partial charge is 0.172 e. The van der Waals surface area contributed by atoms with E-state index < -0.39 is 11.4 Å². The minimum atomic E-state index is -1.05. The van der Waals surface area contributed by atoms with E-state index in [-0.39, 0.29) is 5.76 Å². The lowest BCUT2D eigenvalue weighted by Gasteiger charge is -2.36. The van der Waals surface area contributed by atoms with Crippen molar-refractivity contribution in [2.75, 3.05) is 33.2 Å². The molecule has 1 atom stereocenters. The molecule has 1 aliphatic carbocycles. The predicted molar refractivity (Wildman–Crippen MR) is 78.0 cm³/mol. The molecule has 0 aromatic heterocycles. The van der Waals surface area contributed by atoms with Gasteiger partial charge in [-0.05, 0) is 12.1 Å². The molecular formula is C16H19FNO2. The fraction of sp³-hybridized carbons (Fsp3) is 0.312. The monoisotopic (exact) mass is 276 g/mol. The van der Waals surface area contributed by atoms with Gasteiger partial charge in [0.25, 0.3) is 0 Å². The quantitative estimate of drug-likeness (QED) is 0.843. The summed E-state index contributed by atoms with van der Waals surface area (Å²) < 4.78 is 25.1. The van der Waals surface area contributed by atoms with Crippen LogP contribution in [0.25, 0.3) is 0 Å². The van der Waals surface area contributed by atoms with Gasteiger partial charge in [0.05, 0.1) is 7.11 Å². The molecule has 0 saturated heterocycles. The van der Waals surface area contributed by atoms with Crippen LogP contribution in [0.3, 0.4) is 0 Å². The van der Waals surface area contributed by atoms with E-state index in [9.17, 15) is 4.39 Å². The highest BCUT2D eigenvalue weighted by molar-refractivity contribution is 5.60. The topological polar surface area (TPSA) is 21.7 Å². The van der Waals surface area contributed by atoms with E-state index in [1.807, 2.05) is 43.3 Å². The maximum atomic E-state index is 14.1. The number of allylic oxidation sites excluding steroid dienone is 2. The molecule has 4 heteroatoms. The SMILES string of the molecule is COC1=C(F)[CH]C=CC1(OC)c1ccccc1N(C)C. The molecule has 1 aliphatic rings. The van der Waals surface area contributed by atoms with Crippen LogP contribution in [0.1, 0.15) is 5.56 Å². The van der Waals surface area contributed by atoms with Gasteiger partial charge in [0, 0.05) is 38.9 Å². The third kappa shape index (κ3) is 2.20. The Bertz CT molecular complexity index is 551. The van der Waals surface area contributed by atoms with Gasteiger partial charge in [-0.2, -0.15) is 0 Å². The fourth-order valence-electron chi connectivity index (χ4n) is 2.51. The van der Waals surface area contributed by atoms with Crippen LogP contribution in [0, 0.1) is 6.42 Å². The standard InChI is InChI=1S/C16H19FNO2/c1-18(2)14-10-6-5-8-12(14)16(20-4)11-7-9-13(17)15(16)19-3/h5-11H,1-4H3. The van der Waals surface area contributed by atoms with Crippen LogP contribution < -0.4 is 4.90 Å². The molecule has 20 heavy (non-hydrogen) atoms. The van der Waals surface area contributed by atoms with Gasteiger partial charge in [0.2, 0.25) is 0 Å². The molecule has 0 fully saturated rings. The molecule has 1 aromatic rings. The number of methoxy groups -OCH3 is 2. The second-order valence-electron chi connectivity index (χ2n) is 4.76. The van der Waals surface area contributed by atoms with E-state index in [0.29, 0.717) is 0 Å². The summed E-state index contributed by atoms with van der Waals surface area (Å²) in [4.78, 5) is 1.97. The van der Waals surface area contributed by atoms with Gasteiger partial charge in [-0.15, -0.1) is 0 Å². The first-order chi connectivity index (χ1) is 9.56. The molecule has 0 amide bonds. The molecule has 107 valence electrons. The lowest BCUT2D eigenvalue weighted by Crippen LogP contribution is -2.34. The Morgan fingerprint density at radius 2 is 1.85 bits per heavy atom. The summed E-state index contributed by atoms with van der Waals surface area (Å²) in [5.74, 6) is -0.262. The maximum Gasteiger partial charge on any atom is 0.172 e. The Kier molecular flexibility index (Phi) is 4.14. The van der Waals surface area contributed by atoms with E-state index in [1.165, 1.54) is 13.5 Å². The van der Waals surface area contributed by atoms with Gasteiger partial charge in [0.15, 0.2) is 11.4 Å². The molecule has 0 saturated carbocycles. The van der Waals surface area contributed by atoms with Crippen molar-refractivity contribution in [1.82, 2.24) is 0 Å². The number of hydrogen-bond donors (Lipinski definition) is 0. The van der Waals surface area contributed by atoms with E-state index in [0.717, 1.165) is 11.3 Å². The summed E-state index contributed by atoms with van der Waals surface area (Å²) in [5, 5.41) is 0. The minimum absolute atomic E-state index is 0.164.